The van der Waals surface area contributed by atoms with E-state index in [1.165, 1.54) is 13.8 Å². The summed E-state index contributed by atoms with van der Waals surface area (Å²) in [6, 6.07) is 7.63. The van der Waals surface area contributed by atoms with Crippen LogP contribution in [0.2, 0.25) is 0 Å². The van der Waals surface area contributed by atoms with Gasteiger partial charge in [0, 0.05) is 6.10 Å². The fourth-order valence-corrected chi connectivity index (χ4v) is 3.99. The minimum Gasteiger partial charge on any atom is -0.595 e. The molecule has 12 nitrogen and oxygen atoms in total. The maximum Gasteiger partial charge on any atom is 1.00 e. The van der Waals surface area contributed by atoms with E-state index in [-0.39, 0.29) is 75.4 Å². The van der Waals surface area contributed by atoms with Gasteiger partial charge in [-0.05, 0) is 12.5 Å². The van der Waals surface area contributed by atoms with Gasteiger partial charge in [-0.2, -0.15) is 8.42 Å². The van der Waals surface area contributed by atoms with Crippen molar-refractivity contribution in [3.8, 4) is 0 Å². The van der Waals surface area contributed by atoms with Crippen molar-refractivity contribution in [1.29, 1.82) is 0 Å². The molecular weight excluding hydrogens is 475 g/mol. The number of rotatable bonds is 9. The molecule has 0 spiro atoms. The summed E-state index contributed by atoms with van der Waals surface area (Å²) in [5.74, 6) is -2.18. The molecule has 0 saturated carbocycles. The summed E-state index contributed by atoms with van der Waals surface area (Å²) < 4.78 is 46.7. The van der Waals surface area contributed by atoms with E-state index in [0.717, 1.165) is 5.56 Å². The van der Waals surface area contributed by atoms with Gasteiger partial charge in [0.2, 0.25) is 5.91 Å². The number of carbonyl (C=O) groups is 2. The summed E-state index contributed by atoms with van der Waals surface area (Å²) >= 11 is 0. The molecule has 2 N–H and O–H groups in total. The standard InChI is InChI=1S/C18H24N2O10S.K/c1-11(21)14-15(20(16(14)22)31(25,26)27)12(2)30-17(23)19-8-9-28-18(24)29-10-13-6-4-3-5-7-13;/h3-7,11-12,14-15,21H,8-10H2,1-2H3,(H,19,23)(H,25,26,27);/q;+1/p-1/t11-,12+,14-,15-;/m1./s1. The van der Waals surface area contributed by atoms with Crippen molar-refractivity contribution in [3.05, 3.63) is 35.9 Å². The Labute approximate surface area is 227 Å². The van der Waals surface area contributed by atoms with E-state index in [1.807, 2.05) is 6.07 Å². The molecule has 14 heteroatoms. The molecule has 0 radical (unpaired) electrons. The molecule has 1 saturated heterocycles. The largest absolute Gasteiger partial charge is 1.00 e. The molecular formula is C18H23KN2O10S. The van der Waals surface area contributed by atoms with Gasteiger partial charge in [0.1, 0.15) is 19.3 Å². The van der Waals surface area contributed by atoms with Gasteiger partial charge in [0.25, 0.3) is 0 Å². The number of ether oxygens (including phenoxy) is 3. The first kappa shape index (κ1) is 28.8. The average Bonchev–Trinajstić information content (AvgIpc) is 2.66. The summed E-state index contributed by atoms with van der Waals surface area (Å²) in [5.41, 5.74) is 0.769. The van der Waals surface area contributed by atoms with Crippen LogP contribution in [0.25, 0.3) is 0 Å². The zero-order chi connectivity index (χ0) is 23.2. The molecule has 0 bridgehead atoms. The van der Waals surface area contributed by atoms with E-state index in [9.17, 15) is 32.8 Å². The molecule has 1 heterocycles. The molecule has 2 rings (SSSR count). The van der Waals surface area contributed by atoms with Crippen LogP contribution in [0.15, 0.2) is 35.3 Å². The molecule has 0 unspecified atom stereocenters. The van der Waals surface area contributed by atoms with Crippen molar-refractivity contribution < 1.29 is 98.4 Å². The second kappa shape index (κ2) is 12.8. The Kier molecular flexibility index (Phi) is 11.5. The van der Waals surface area contributed by atoms with E-state index in [4.69, 9.17) is 14.2 Å². The van der Waals surface area contributed by atoms with Crippen LogP contribution in [-0.4, -0.2) is 71.9 Å². The van der Waals surface area contributed by atoms with Gasteiger partial charge >= 0.3 is 67.8 Å². The van der Waals surface area contributed by atoms with E-state index in [2.05, 4.69) is 4.99 Å². The molecule has 1 aliphatic heterocycles. The molecule has 1 amide bonds. The smallest absolute Gasteiger partial charge is 0.595 e. The second-order valence-electron chi connectivity index (χ2n) is 6.71. The van der Waals surface area contributed by atoms with Crippen LogP contribution in [0.1, 0.15) is 19.4 Å². The monoisotopic (exact) mass is 498 g/mol. The molecule has 0 aliphatic carbocycles. The van der Waals surface area contributed by atoms with Gasteiger partial charge in [-0.3, -0.25) is 14.3 Å². The normalized spacial score (nSPS) is 20.4. The number of benzene rings is 1. The molecule has 1 aromatic carbocycles. The third kappa shape index (κ3) is 7.95. The first-order chi connectivity index (χ1) is 14.5. The molecule has 4 atom stereocenters. The molecule has 1 aromatic rings. The van der Waals surface area contributed by atoms with E-state index in [1.54, 1.807) is 24.3 Å². The number of carbonyl (C=O) groups excluding carboxylic acids is 2. The maximum absolute atomic E-state index is 11.9. The van der Waals surface area contributed by atoms with Crippen LogP contribution < -0.4 is 56.5 Å². The van der Waals surface area contributed by atoms with Gasteiger partial charge in [-0.1, -0.05) is 37.3 Å². The Hall–Kier alpha value is -1.26. The Balaban J connectivity index is 0.00000512. The summed E-state index contributed by atoms with van der Waals surface area (Å²) in [5, 5.41) is 21.5. The minimum absolute atomic E-state index is 0. The van der Waals surface area contributed by atoms with Crippen molar-refractivity contribution in [1.82, 2.24) is 4.31 Å². The van der Waals surface area contributed by atoms with Crippen molar-refractivity contribution in [3.63, 3.8) is 0 Å². The molecule has 32 heavy (non-hydrogen) atoms. The van der Waals surface area contributed by atoms with Gasteiger partial charge in [0.15, 0.2) is 0 Å². The number of hydrogen-bond acceptors (Lipinski definition) is 10. The number of aliphatic hydroxyl groups excluding tert-OH is 1. The first-order valence-corrected chi connectivity index (χ1v) is 10.6. The Morgan fingerprint density at radius 3 is 2.44 bits per heavy atom. The number of aliphatic hydroxyl groups is 1. The van der Waals surface area contributed by atoms with Gasteiger partial charge < -0.3 is 24.4 Å². The van der Waals surface area contributed by atoms with Gasteiger partial charge in [-0.15, -0.1) is 0 Å². The number of aliphatic imine (C=N–C) groups is 1. The fourth-order valence-electron chi connectivity index (χ4n) is 3.04. The van der Waals surface area contributed by atoms with Crippen molar-refractivity contribution in [2.24, 2.45) is 10.9 Å². The van der Waals surface area contributed by atoms with E-state index >= 15 is 0 Å². The SMILES string of the molecule is C[C@H](OC([O-])=NCCOC(=O)OCc1ccccc1)[C@@H]1[C@@H]([C@@H](C)O)C(=O)N1S(=O)(=O)O.[K+]. The van der Waals surface area contributed by atoms with Crippen LogP contribution in [0.4, 0.5) is 4.79 Å². The van der Waals surface area contributed by atoms with Crippen LogP contribution in [0.3, 0.4) is 0 Å². The predicted molar refractivity (Wildman–Crippen MR) is 103 cm³/mol. The van der Waals surface area contributed by atoms with E-state index in [0.29, 0.717) is 0 Å². The Morgan fingerprint density at radius 1 is 1.25 bits per heavy atom. The number of amides is 1. The number of nitrogens with zero attached hydrogens (tertiary/aromatic N) is 2. The zero-order valence-corrected chi connectivity index (χ0v) is 21.7. The van der Waals surface area contributed by atoms with Gasteiger partial charge in [-0.25, -0.2) is 9.10 Å². The predicted octanol–water partition coefficient (Wildman–Crippen LogP) is -3.52. The Morgan fingerprint density at radius 2 is 1.88 bits per heavy atom. The summed E-state index contributed by atoms with van der Waals surface area (Å²) in [7, 11) is -4.89. The quantitative estimate of drug-likeness (QED) is 0.0660. The maximum atomic E-state index is 11.9. The minimum atomic E-state index is -4.89. The number of hydrogen-bond donors (Lipinski definition) is 2. The summed E-state index contributed by atoms with van der Waals surface area (Å²) in [4.78, 5) is 26.9. The molecule has 0 aromatic heterocycles. The van der Waals surface area contributed by atoms with Crippen LogP contribution in [-0.2, 0) is 35.9 Å². The van der Waals surface area contributed by atoms with Crippen LogP contribution in [0.5, 0.6) is 0 Å². The van der Waals surface area contributed by atoms with Crippen molar-refractivity contribution in [2.75, 3.05) is 13.2 Å². The average molecular weight is 499 g/mol. The summed E-state index contributed by atoms with van der Waals surface area (Å²) in [6.07, 6.45) is -4.49. The molecule has 1 aliphatic rings. The topological polar surface area (TPSA) is 175 Å². The van der Waals surface area contributed by atoms with Crippen LogP contribution in [0, 0.1) is 5.92 Å². The van der Waals surface area contributed by atoms with Crippen LogP contribution >= 0.6 is 0 Å². The zero-order valence-electron chi connectivity index (χ0n) is 17.8. The third-order valence-corrected chi connectivity index (χ3v) is 5.35. The molecule has 1 fully saturated rings. The second-order valence-corrected chi connectivity index (χ2v) is 8.00. The van der Waals surface area contributed by atoms with Crippen molar-refractivity contribution in [2.45, 2.75) is 38.7 Å². The molecule has 172 valence electrons. The van der Waals surface area contributed by atoms with Crippen molar-refractivity contribution >= 4 is 28.5 Å². The number of β-lactam (4-membered cyclic amide) rings is 1. The van der Waals surface area contributed by atoms with E-state index < -0.39 is 52.6 Å². The first-order valence-electron chi connectivity index (χ1n) is 9.22. The fraction of sp³-hybridized carbons (Fsp3) is 0.500. The van der Waals surface area contributed by atoms with Gasteiger partial charge in [0.05, 0.1) is 24.6 Å². The third-order valence-electron chi connectivity index (χ3n) is 4.43. The summed E-state index contributed by atoms with van der Waals surface area (Å²) in [6.45, 7) is 2.05. The Bertz CT molecular complexity index is 910.